The normalized spacial score (nSPS) is 12.7. The van der Waals surface area contributed by atoms with Crippen LogP contribution in [0.1, 0.15) is 22.7 Å². The third-order valence-corrected chi connectivity index (χ3v) is 3.69. The van der Waals surface area contributed by atoms with Crippen LogP contribution in [0.15, 0.2) is 35.0 Å². The molecule has 2 N–H and O–H groups in total. The highest BCUT2D eigenvalue weighted by Crippen LogP contribution is 2.29. The van der Waals surface area contributed by atoms with Gasteiger partial charge in [0.25, 0.3) is 0 Å². The van der Waals surface area contributed by atoms with Crippen LogP contribution in [-0.2, 0) is 0 Å². The summed E-state index contributed by atoms with van der Waals surface area (Å²) in [6.07, 6.45) is 0. The lowest BCUT2D eigenvalue weighted by atomic mass is 9.99. The summed E-state index contributed by atoms with van der Waals surface area (Å²) in [6, 6.07) is 7.61. The van der Waals surface area contributed by atoms with Gasteiger partial charge in [-0.1, -0.05) is 29.8 Å². The minimum atomic E-state index is -0.120. The van der Waals surface area contributed by atoms with Crippen molar-refractivity contribution in [3.05, 3.63) is 56.7 Å². The SMILES string of the molecule is Cc1cscc1C(N)c1ccccc1Cl. The summed E-state index contributed by atoms with van der Waals surface area (Å²) in [5.74, 6) is 0. The van der Waals surface area contributed by atoms with E-state index < -0.39 is 0 Å². The molecule has 2 aromatic rings. The van der Waals surface area contributed by atoms with Crippen LogP contribution < -0.4 is 5.73 Å². The Bertz CT molecular complexity index is 464. The van der Waals surface area contributed by atoms with Crippen molar-refractivity contribution >= 4 is 22.9 Å². The summed E-state index contributed by atoms with van der Waals surface area (Å²) in [4.78, 5) is 0. The van der Waals surface area contributed by atoms with Gasteiger partial charge in [-0.2, -0.15) is 11.3 Å². The molecular formula is C12H12ClNS. The van der Waals surface area contributed by atoms with E-state index in [-0.39, 0.29) is 6.04 Å². The molecule has 1 unspecified atom stereocenters. The number of hydrogen-bond acceptors (Lipinski definition) is 2. The third-order valence-electron chi connectivity index (χ3n) is 2.47. The van der Waals surface area contributed by atoms with E-state index in [1.807, 2.05) is 24.3 Å². The van der Waals surface area contributed by atoms with Crippen LogP contribution in [0.4, 0.5) is 0 Å². The zero-order valence-electron chi connectivity index (χ0n) is 8.41. The van der Waals surface area contributed by atoms with E-state index in [0.29, 0.717) is 0 Å². The van der Waals surface area contributed by atoms with E-state index in [2.05, 4.69) is 17.7 Å². The Morgan fingerprint density at radius 1 is 1.20 bits per heavy atom. The molecule has 1 aromatic carbocycles. The van der Waals surface area contributed by atoms with Crippen molar-refractivity contribution in [1.29, 1.82) is 0 Å². The van der Waals surface area contributed by atoms with Crippen molar-refractivity contribution in [3.8, 4) is 0 Å². The number of benzene rings is 1. The minimum Gasteiger partial charge on any atom is -0.320 e. The number of rotatable bonds is 2. The fourth-order valence-electron chi connectivity index (χ4n) is 1.58. The topological polar surface area (TPSA) is 26.0 Å². The van der Waals surface area contributed by atoms with Crippen LogP contribution in [0.3, 0.4) is 0 Å². The molecule has 2 rings (SSSR count). The lowest BCUT2D eigenvalue weighted by Gasteiger charge is -2.13. The van der Waals surface area contributed by atoms with E-state index >= 15 is 0 Å². The van der Waals surface area contributed by atoms with Crippen LogP contribution in [0, 0.1) is 6.92 Å². The monoisotopic (exact) mass is 237 g/mol. The van der Waals surface area contributed by atoms with Gasteiger partial charge in [0.1, 0.15) is 0 Å². The molecule has 0 amide bonds. The smallest absolute Gasteiger partial charge is 0.0577 e. The Morgan fingerprint density at radius 3 is 2.53 bits per heavy atom. The first-order valence-electron chi connectivity index (χ1n) is 4.73. The molecule has 3 heteroatoms. The van der Waals surface area contributed by atoms with Crippen molar-refractivity contribution in [2.75, 3.05) is 0 Å². The number of nitrogens with two attached hydrogens (primary N) is 1. The van der Waals surface area contributed by atoms with E-state index in [1.54, 1.807) is 11.3 Å². The molecule has 78 valence electrons. The predicted molar refractivity (Wildman–Crippen MR) is 66.5 cm³/mol. The van der Waals surface area contributed by atoms with Gasteiger partial charge in [-0.3, -0.25) is 0 Å². The maximum Gasteiger partial charge on any atom is 0.0577 e. The van der Waals surface area contributed by atoms with Gasteiger partial charge in [-0.25, -0.2) is 0 Å². The average Bonchev–Trinajstić information content (AvgIpc) is 2.64. The molecule has 15 heavy (non-hydrogen) atoms. The van der Waals surface area contributed by atoms with Gasteiger partial charge in [0.15, 0.2) is 0 Å². The summed E-state index contributed by atoms with van der Waals surface area (Å²) < 4.78 is 0. The lowest BCUT2D eigenvalue weighted by molar-refractivity contribution is 0.868. The molecule has 0 saturated carbocycles. The highest BCUT2D eigenvalue weighted by atomic mass is 35.5. The second kappa shape index (κ2) is 4.35. The van der Waals surface area contributed by atoms with Crippen molar-refractivity contribution in [2.24, 2.45) is 5.73 Å². The fourth-order valence-corrected chi connectivity index (χ4v) is 2.72. The van der Waals surface area contributed by atoms with Crippen molar-refractivity contribution < 1.29 is 0 Å². The molecule has 0 saturated heterocycles. The second-order valence-corrected chi connectivity index (χ2v) is 4.66. The molecule has 1 atom stereocenters. The van der Waals surface area contributed by atoms with Gasteiger partial charge in [-0.15, -0.1) is 0 Å². The number of hydrogen-bond donors (Lipinski definition) is 1. The summed E-state index contributed by atoms with van der Waals surface area (Å²) in [6.45, 7) is 2.07. The van der Waals surface area contributed by atoms with Gasteiger partial charge < -0.3 is 5.73 Å². The Morgan fingerprint density at radius 2 is 1.93 bits per heavy atom. The lowest BCUT2D eigenvalue weighted by Crippen LogP contribution is -2.12. The number of aryl methyl sites for hydroxylation is 1. The second-order valence-electron chi connectivity index (χ2n) is 3.51. The van der Waals surface area contributed by atoms with E-state index in [1.165, 1.54) is 5.56 Å². The van der Waals surface area contributed by atoms with Crippen LogP contribution >= 0.6 is 22.9 Å². The van der Waals surface area contributed by atoms with Crippen molar-refractivity contribution in [1.82, 2.24) is 0 Å². The minimum absolute atomic E-state index is 0.120. The maximum absolute atomic E-state index is 6.18. The Kier molecular flexibility index (Phi) is 3.10. The first kappa shape index (κ1) is 10.7. The molecule has 1 heterocycles. The molecule has 0 spiro atoms. The molecule has 0 fully saturated rings. The van der Waals surface area contributed by atoms with Crippen molar-refractivity contribution in [2.45, 2.75) is 13.0 Å². The molecule has 0 aliphatic rings. The van der Waals surface area contributed by atoms with E-state index in [0.717, 1.165) is 16.1 Å². The first-order valence-corrected chi connectivity index (χ1v) is 6.05. The Balaban J connectivity index is 2.41. The average molecular weight is 238 g/mol. The summed E-state index contributed by atoms with van der Waals surface area (Å²) >= 11 is 7.78. The molecule has 1 nitrogen and oxygen atoms in total. The first-order chi connectivity index (χ1) is 7.20. The van der Waals surface area contributed by atoms with Gasteiger partial charge in [0.2, 0.25) is 0 Å². The zero-order chi connectivity index (χ0) is 10.8. The number of halogens is 1. The molecule has 0 aliphatic heterocycles. The quantitative estimate of drug-likeness (QED) is 0.846. The van der Waals surface area contributed by atoms with Crippen LogP contribution in [0.5, 0.6) is 0 Å². The highest BCUT2D eigenvalue weighted by molar-refractivity contribution is 7.08. The van der Waals surface area contributed by atoms with Crippen LogP contribution in [-0.4, -0.2) is 0 Å². The molecule has 0 radical (unpaired) electrons. The van der Waals surface area contributed by atoms with Gasteiger partial charge in [0, 0.05) is 5.02 Å². The molecule has 0 aliphatic carbocycles. The third kappa shape index (κ3) is 2.07. The molecule has 1 aromatic heterocycles. The Hall–Kier alpha value is -0.830. The maximum atomic E-state index is 6.18. The fraction of sp³-hybridized carbons (Fsp3) is 0.167. The van der Waals surface area contributed by atoms with E-state index in [4.69, 9.17) is 17.3 Å². The highest BCUT2D eigenvalue weighted by Gasteiger charge is 2.14. The van der Waals surface area contributed by atoms with Crippen molar-refractivity contribution in [3.63, 3.8) is 0 Å². The Labute approximate surface area is 98.5 Å². The summed E-state index contributed by atoms with van der Waals surface area (Å²) in [7, 11) is 0. The van der Waals surface area contributed by atoms with E-state index in [9.17, 15) is 0 Å². The largest absolute Gasteiger partial charge is 0.320 e. The van der Waals surface area contributed by atoms with Gasteiger partial charge >= 0.3 is 0 Å². The van der Waals surface area contributed by atoms with Crippen LogP contribution in [0.2, 0.25) is 5.02 Å². The predicted octanol–water partition coefficient (Wildman–Crippen LogP) is 3.76. The number of thiophene rings is 1. The standard InChI is InChI=1S/C12H12ClNS/c1-8-6-15-7-10(8)12(14)9-4-2-3-5-11(9)13/h2-7,12H,14H2,1H3. The summed E-state index contributed by atoms with van der Waals surface area (Å²) in [5, 5.41) is 4.92. The molecular weight excluding hydrogens is 226 g/mol. The van der Waals surface area contributed by atoms with Gasteiger partial charge in [-0.05, 0) is 40.4 Å². The van der Waals surface area contributed by atoms with Gasteiger partial charge in [0.05, 0.1) is 6.04 Å². The van der Waals surface area contributed by atoms with Crippen LogP contribution in [0.25, 0.3) is 0 Å². The summed E-state index contributed by atoms with van der Waals surface area (Å²) in [5.41, 5.74) is 9.56. The zero-order valence-corrected chi connectivity index (χ0v) is 9.98. The molecule has 0 bridgehead atoms.